The van der Waals surface area contributed by atoms with E-state index in [1.165, 1.54) is 32.3 Å². The summed E-state index contributed by atoms with van der Waals surface area (Å²) in [5.74, 6) is -0.879. The van der Waals surface area contributed by atoms with Crippen molar-refractivity contribution in [3.8, 4) is 23.0 Å². The molecule has 0 aromatic heterocycles. The van der Waals surface area contributed by atoms with Gasteiger partial charge in [-0.2, -0.15) is 0 Å². The lowest BCUT2D eigenvalue weighted by molar-refractivity contribution is -0.139. The van der Waals surface area contributed by atoms with Gasteiger partial charge in [0.05, 0.1) is 50.1 Å². The van der Waals surface area contributed by atoms with Crippen LogP contribution in [0.4, 0.5) is 0 Å². The van der Waals surface area contributed by atoms with Crippen molar-refractivity contribution in [3.63, 3.8) is 0 Å². The second kappa shape index (κ2) is 11.1. The average Bonchev–Trinajstić information content (AvgIpc) is 3.09. The predicted molar refractivity (Wildman–Crippen MR) is 133 cm³/mol. The number of ketones is 1. The zero-order valence-corrected chi connectivity index (χ0v) is 21.6. The maximum absolute atomic E-state index is 13.2. The summed E-state index contributed by atoms with van der Waals surface area (Å²) in [5, 5.41) is 11.5. The Labute approximate surface area is 213 Å². The van der Waals surface area contributed by atoms with Crippen molar-refractivity contribution < 1.29 is 33.6 Å². The highest BCUT2D eigenvalue weighted by atomic mass is 35.5. The fourth-order valence-electron chi connectivity index (χ4n) is 4.12. The van der Waals surface area contributed by atoms with Crippen LogP contribution in [0.1, 0.15) is 37.4 Å². The average molecular weight is 524 g/mol. The summed E-state index contributed by atoms with van der Waals surface area (Å²) in [7, 11) is 4.24. The van der Waals surface area contributed by atoms with Gasteiger partial charge >= 0.3 is 0 Å². The number of methoxy groups -OCH3 is 3. The van der Waals surface area contributed by atoms with Crippen LogP contribution in [0.2, 0.25) is 10.0 Å². The number of nitrogens with zero attached hydrogens (tertiary/aromatic N) is 1. The van der Waals surface area contributed by atoms with E-state index in [4.69, 9.17) is 42.1 Å². The molecular weight excluding hydrogens is 497 g/mol. The molecule has 3 rings (SSSR count). The second-order valence-electron chi connectivity index (χ2n) is 7.62. The molecule has 0 aliphatic carbocycles. The molecule has 2 aromatic carbocycles. The molecule has 1 heterocycles. The Hall–Kier alpha value is -3.10. The van der Waals surface area contributed by atoms with Gasteiger partial charge in [-0.15, -0.1) is 0 Å². The first kappa shape index (κ1) is 26.5. The molecule has 35 heavy (non-hydrogen) atoms. The molecule has 1 fully saturated rings. The summed E-state index contributed by atoms with van der Waals surface area (Å²) in [6.07, 6.45) is 0.598. The highest BCUT2D eigenvalue weighted by molar-refractivity contribution is 6.47. The quantitative estimate of drug-likeness (QED) is 0.272. The minimum atomic E-state index is -0.885. The van der Waals surface area contributed by atoms with E-state index in [0.29, 0.717) is 36.6 Å². The molecule has 2 aromatic rings. The van der Waals surface area contributed by atoms with E-state index in [9.17, 15) is 14.7 Å². The van der Waals surface area contributed by atoms with Gasteiger partial charge in [0.25, 0.3) is 11.7 Å². The SMILES string of the molecule is CCCN1C(=O)C(=O)/C(=C(/O)c2cc(Cl)c(OC)c(Cl)c2OC)C1c1ccc(OCC)c(OC)c1. The number of Topliss-reactive ketones (excluding diaryl/α,β-unsaturated/α-hetero) is 1. The third kappa shape index (κ3) is 4.73. The van der Waals surface area contributed by atoms with Gasteiger partial charge in [0, 0.05) is 6.54 Å². The topological polar surface area (TPSA) is 94.5 Å². The van der Waals surface area contributed by atoms with Crippen LogP contribution in [0, 0.1) is 0 Å². The van der Waals surface area contributed by atoms with E-state index in [2.05, 4.69) is 0 Å². The lowest BCUT2D eigenvalue weighted by Crippen LogP contribution is -2.30. The Balaban J connectivity index is 2.30. The number of carbonyl (C=O) groups excluding carboxylic acids is 2. The van der Waals surface area contributed by atoms with Crippen molar-refractivity contribution in [1.29, 1.82) is 0 Å². The Kier molecular flexibility index (Phi) is 8.40. The maximum atomic E-state index is 13.2. The third-order valence-corrected chi connectivity index (χ3v) is 6.23. The summed E-state index contributed by atoms with van der Waals surface area (Å²) in [5.41, 5.74) is 0.495. The van der Waals surface area contributed by atoms with E-state index >= 15 is 0 Å². The molecule has 1 atom stereocenters. The molecule has 1 unspecified atom stereocenters. The standard InChI is InChI=1S/C25H27Cl2NO7/c1-6-10-28-20(13-8-9-16(35-7-2)17(11-13)32-3)18(22(30)25(28)31)21(29)14-12-15(26)24(34-5)19(27)23(14)33-4/h8-9,11-12,20,29H,6-7,10H2,1-5H3/b21-18+. The number of hydrogen-bond acceptors (Lipinski definition) is 7. The number of aliphatic hydroxyl groups is 1. The van der Waals surface area contributed by atoms with Crippen molar-refractivity contribution >= 4 is 40.7 Å². The second-order valence-corrected chi connectivity index (χ2v) is 8.41. The number of carbonyl (C=O) groups is 2. The third-order valence-electron chi connectivity index (χ3n) is 5.60. The van der Waals surface area contributed by atoms with Crippen molar-refractivity contribution in [2.45, 2.75) is 26.3 Å². The zero-order valence-electron chi connectivity index (χ0n) is 20.1. The molecule has 1 saturated heterocycles. The fraction of sp³-hybridized carbons (Fsp3) is 0.360. The summed E-state index contributed by atoms with van der Waals surface area (Å²) < 4.78 is 21.7. The van der Waals surface area contributed by atoms with Crippen LogP contribution in [0.25, 0.3) is 5.76 Å². The first-order valence-corrected chi connectivity index (χ1v) is 11.7. The summed E-state index contributed by atoms with van der Waals surface area (Å²) in [6, 6.07) is 5.60. The molecule has 0 radical (unpaired) electrons. The van der Waals surface area contributed by atoms with E-state index in [1.54, 1.807) is 18.2 Å². The largest absolute Gasteiger partial charge is 0.507 e. The lowest BCUT2D eigenvalue weighted by atomic mass is 9.94. The van der Waals surface area contributed by atoms with Gasteiger partial charge in [-0.3, -0.25) is 9.59 Å². The van der Waals surface area contributed by atoms with Crippen molar-refractivity contribution in [2.24, 2.45) is 0 Å². The Bertz CT molecular complexity index is 1180. The molecule has 0 bridgehead atoms. The van der Waals surface area contributed by atoms with Crippen LogP contribution < -0.4 is 18.9 Å². The molecule has 1 aliphatic heterocycles. The minimum absolute atomic E-state index is 0.0196. The number of benzene rings is 2. The predicted octanol–water partition coefficient (Wildman–Crippen LogP) is 5.25. The first-order valence-electron chi connectivity index (χ1n) is 10.9. The summed E-state index contributed by atoms with van der Waals surface area (Å²) in [6.45, 7) is 4.47. The Morgan fingerprint density at radius 1 is 1.00 bits per heavy atom. The van der Waals surface area contributed by atoms with Gasteiger partial charge in [-0.25, -0.2) is 0 Å². The van der Waals surface area contributed by atoms with Gasteiger partial charge in [0.1, 0.15) is 10.8 Å². The molecule has 1 amide bonds. The highest BCUT2D eigenvalue weighted by Crippen LogP contribution is 2.47. The molecule has 10 heteroatoms. The van der Waals surface area contributed by atoms with Crippen LogP contribution in [-0.4, -0.2) is 56.2 Å². The summed E-state index contributed by atoms with van der Waals surface area (Å²) in [4.78, 5) is 27.6. The first-order chi connectivity index (χ1) is 16.7. The number of ether oxygens (including phenoxy) is 4. The van der Waals surface area contributed by atoms with Crippen LogP contribution >= 0.6 is 23.2 Å². The van der Waals surface area contributed by atoms with Crippen LogP contribution in [0.5, 0.6) is 23.0 Å². The summed E-state index contributed by atoms with van der Waals surface area (Å²) >= 11 is 12.7. The number of amides is 1. The fourth-order valence-corrected chi connectivity index (χ4v) is 4.81. The van der Waals surface area contributed by atoms with Crippen LogP contribution in [-0.2, 0) is 9.59 Å². The number of aliphatic hydroxyl groups excluding tert-OH is 1. The smallest absolute Gasteiger partial charge is 0.295 e. The highest BCUT2D eigenvalue weighted by Gasteiger charge is 2.46. The van der Waals surface area contributed by atoms with Gasteiger partial charge in [0.2, 0.25) is 0 Å². The van der Waals surface area contributed by atoms with E-state index in [0.717, 1.165) is 0 Å². The van der Waals surface area contributed by atoms with Crippen molar-refractivity contribution in [1.82, 2.24) is 4.90 Å². The minimum Gasteiger partial charge on any atom is -0.507 e. The molecule has 188 valence electrons. The zero-order chi connectivity index (χ0) is 25.9. The molecule has 1 N–H and O–H groups in total. The van der Waals surface area contributed by atoms with E-state index in [-0.39, 0.29) is 32.7 Å². The van der Waals surface area contributed by atoms with E-state index in [1.807, 2.05) is 13.8 Å². The van der Waals surface area contributed by atoms with Gasteiger partial charge in [-0.05, 0) is 37.1 Å². The van der Waals surface area contributed by atoms with E-state index < -0.39 is 23.5 Å². The normalized spacial score (nSPS) is 17.0. The van der Waals surface area contributed by atoms with Crippen molar-refractivity contribution in [3.05, 3.63) is 51.0 Å². The van der Waals surface area contributed by atoms with Gasteiger partial charge < -0.3 is 29.0 Å². The Morgan fingerprint density at radius 3 is 2.26 bits per heavy atom. The molecule has 0 saturated carbocycles. The number of likely N-dealkylation sites (tertiary alicyclic amines) is 1. The molecule has 8 nitrogen and oxygen atoms in total. The lowest BCUT2D eigenvalue weighted by Gasteiger charge is -2.26. The molecule has 1 aliphatic rings. The van der Waals surface area contributed by atoms with Gasteiger partial charge in [-0.1, -0.05) is 36.2 Å². The molecule has 0 spiro atoms. The van der Waals surface area contributed by atoms with Gasteiger partial charge in [0.15, 0.2) is 23.0 Å². The van der Waals surface area contributed by atoms with Crippen LogP contribution in [0.15, 0.2) is 29.8 Å². The molecular formula is C25H27Cl2NO7. The van der Waals surface area contributed by atoms with Crippen molar-refractivity contribution in [2.75, 3.05) is 34.5 Å². The monoisotopic (exact) mass is 523 g/mol. The van der Waals surface area contributed by atoms with Crippen LogP contribution in [0.3, 0.4) is 0 Å². The number of rotatable bonds is 9. The number of halogens is 2. The Morgan fingerprint density at radius 2 is 1.69 bits per heavy atom. The maximum Gasteiger partial charge on any atom is 0.295 e. The number of hydrogen-bond donors (Lipinski definition) is 1.